The van der Waals surface area contributed by atoms with Gasteiger partial charge in [0, 0.05) is 44.3 Å². The third-order valence-corrected chi connectivity index (χ3v) is 10.00. The van der Waals surface area contributed by atoms with Gasteiger partial charge in [0.1, 0.15) is 0 Å². The molecule has 2 aliphatic rings. The lowest BCUT2D eigenvalue weighted by Gasteiger charge is -2.07. The molecule has 0 aliphatic carbocycles. The average molecular weight is 693 g/mol. The maximum Gasteiger partial charge on any atom is 0.0991 e. The van der Waals surface area contributed by atoms with Gasteiger partial charge in [-0.3, -0.25) is 0 Å². The van der Waals surface area contributed by atoms with Crippen LogP contribution in [0.3, 0.4) is 0 Å². The zero-order valence-electron chi connectivity index (χ0n) is 29.6. The Morgan fingerprint density at radius 2 is 0.741 bits per heavy atom. The molecule has 254 valence electrons. The minimum atomic E-state index is 0.573. The van der Waals surface area contributed by atoms with Gasteiger partial charge in [0.15, 0.2) is 0 Å². The molecule has 54 heavy (non-hydrogen) atoms. The summed E-state index contributed by atoms with van der Waals surface area (Å²) in [6.07, 6.45) is 8.24. The van der Waals surface area contributed by atoms with Crippen LogP contribution < -0.4 is 0 Å². The number of aromatic nitrogens is 4. The maximum absolute atomic E-state index is 9.87. The molecule has 7 aromatic rings. The summed E-state index contributed by atoms with van der Waals surface area (Å²) in [5, 5.41) is 19.7. The van der Waals surface area contributed by atoms with E-state index in [9.17, 15) is 10.5 Å². The molecule has 0 saturated heterocycles. The van der Waals surface area contributed by atoms with Gasteiger partial charge in [-0.15, -0.1) is 0 Å². The number of hydrogen-bond acceptors (Lipinski definition) is 4. The zero-order chi connectivity index (χ0) is 36.8. The van der Waals surface area contributed by atoms with Crippen LogP contribution in [0.15, 0.2) is 121 Å². The molecule has 3 aromatic heterocycles. The lowest BCUT2D eigenvalue weighted by atomic mass is 10.0. The Kier molecular flexibility index (Phi) is 7.92. The molecular weight excluding hydrogens is 661 g/mol. The van der Waals surface area contributed by atoms with Gasteiger partial charge in [-0.1, -0.05) is 83.9 Å². The highest BCUT2D eigenvalue weighted by molar-refractivity contribution is 6.00. The highest BCUT2D eigenvalue weighted by Gasteiger charge is 2.19. The van der Waals surface area contributed by atoms with Gasteiger partial charge in [-0.25, -0.2) is 9.97 Å². The van der Waals surface area contributed by atoms with Gasteiger partial charge in [0.05, 0.1) is 46.0 Å². The highest BCUT2D eigenvalue weighted by Crippen LogP contribution is 2.38. The van der Waals surface area contributed by atoms with Crippen molar-refractivity contribution >= 4 is 46.4 Å². The second kappa shape index (κ2) is 13.2. The molecule has 2 N–H and O–H groups in total. The first kappa shape index (κ1) is 32.4. The molecule has 9 rings (SSSR count). The first-order valence-corrected chi connectivity index (χ1v) is 17.8. The SMILES string of the molecule is Cc1ccc(-c2c3nc(c(-c4cccc(C#N)c4)c4ccc([nH]4)c(-c4ccc(C)cc4)c4nc(c(-c5cccc(C#N)c5)c5ccc2[nH]5)C=C4)C=C3)cc1. The molecular formula is C48H32N6. The van der Waals surface area contributed by atoms with Gasteiger partial charge in [-0.05, 0) is 109 Å². The largest absolute Gasteiger partial charge is 0.354 e. The molecule has 0 saturated carbocycles. The number of hydrogen-bond donors (Lipinski definition) is 2. The van der Waals surface area contributed by atoms with Crippen molar-refractivity contribution in [3.05, 3.63) is 166 Å². The summed E-state index contributed by atoms with van der Waals surface area (Å²) in [6, 6.07) is 45.3. The fourth-order valence-corrected chi connectivity index (χ4v) is 7.35. The van der Waals surface area contributed by atoms with Gasteiger partial charge in [0.25, 0.3) is 0 Å². The summed E-state index contributed by atoms with van der Waals surface area (Å²) in [6.45, 7) is 4.17. The lowest BCUT2D eigenvalue weighted by Crippen LogP contribution is -1.90. The van der Waals surface area contributed by atoms with Crippen molar-refractivity contribution in [3.8, 4) is 56.6 Å². The number of nitrogens with one attached hydrogen (secondary N) is 2. The third kappa shape index (κ3) is 5.79. The Bertz CT molecular complexity index is 2760. The Morgan fingerprint density at radius 1 is 0.407 bits per heavy atom. The predicted octanol–water partition coefficient (Wildman–Crippen LogP) is 11.7. The lowest BCUT2D eigenvalue weighted by molar-refractivity contribution is 1.31. The summed E-state index contributed by atoms with van der Waals surface area (Å²) in [4.78, 5) is 18.2. The standard InChI is InChI=1S/C48H32N6/c1-29-9-13-33(14-10-29)45-37-17-21-41(51-37)47(35-7-3-5-31(25-35)27-49)43-23-19-39(53-43)46(34-15-11-30(2)12-16-34)40-20-24-44(54-40)48(42-22-18-38(45)52-42)36-8-4-6-32(26-36)28-50/h3-26,51,54H,1-2H3. The number of aryl methyl sites for hydroxylation is 2. The van der Waals surface area contributed by atoms with Crippen molar-refractivity contribution < 1.29 is 0 Å². The van der Waals surface area contributed by atoms with Crippen LogP contribution in [0.5, 0.6) is 0 Å². The van der Waals surface area contributed by atoms with Crippen LogP contribution in [0.25, 0.3) is 90.9 Å². The first-order chi connectivity index (χ1) is 26.4. The summed E-state index contributed by atoms with van der Waals surface area (Å²) in [5.74, 6) is 0. The smallest absolute Gasteiger partial charge is 0.0991 e. The number of nitrogens with zero attached hydrogens (tertiary/aromatic N) is 4. The zero-order valence-corrected chi connectivity index (χ0v) is 29.6. The quantitative estimate of drug-likeness (QED) is 0.191. The van der Waals surface area contributed by atoms with Crippen LogP contribution >= 0.6 is 0 Å². The van der Waals surface area contributed by atoms with Crippen molar-refractivity contribution in [1.82, 2.24) is 19.9 Å². The molecule has 8 bridgehead atoms. The van der Waals surface area contributed by atoms with Crippen LogP contribution in [0.2, 0.25) is 0 Å². The number of aromatic amines is 2. The molecule has 0 atom stereocenters. The highest BCUT2D eigenvalue weighted by atomic mass is 14.8. The number of nitriles is 2. The molecule has 0 fully saturated rings. The fraction of sp³-hybridized carbons (Fsp3) is 0.0417. The summed E-state index contributed by atoms with van der Waals surface area (Å²) >= 11 is 0. The van der Waals surface area contributed by atoms with Crippen LogP contribution in [0.4, 0.5) is 0 Å². The minimum Gasteiger partial charge on any atom is -0.354 e. The van der Waals surface area contributed by atoms with Crippen LogP contribution in [0.1, 0.15) is 45.0 Å². The maximum atomic E-state index is 9.87. The van der Waals surface area contributed by atoms with Crippen LogP contribution in [-0.4, -0.2) is 19.9 Å². The Hall–Kier alpha value is -7.54. The number of rotatable bonds is 4. The van der Waals surface area contributed by atoms with Gasteiger partial charge < -0.3 is 9.97 Å². The summed E-state index contributed by atoms with van der Waals surface area (Å²) in [7, 11) is 0. The van der Waals surface area contributed by atoms with E-state index in [-0.39, 0.29) is 0 Å². The molecule has 2 aliphatic heterocycles. The molecule has 0 spiro atoms. The number of H-pyrrole nitrogens is 2. The molecule has 0 amide bonds. The van der Waals surface area contributed by atoms with Crippen molar-refractivity contribution in [1.29, 1.82) is 10.5 Å². The van der Waals surface area contributed by atoms with E-state index >= 15 is 0 Å². The van der Waals surface area contributed by atoms with Gasteiger partial charge in [0.2, 0.25) is 0 Å². The van der Waals surface area contributed by atoms with E-state index in [1.807, 2.05) is 48.5 Å². The fourth-order valence-electron chi connectivity index (χ4n) is 7.35. The molecule has 5 heterocycles. The van der Waals surface area contributed by atoms with E-state index in [0.717, 1.165) is 89.4 Å². The van der Waals surface area contributed by atoms with Crippen LogP contribution in [0, 0.1) is 36.5 Å². The van der Waals surface area contributed by atoms with Crippen molar-refractivity contribution in [3.63, 3.8) is 0 Å². The van der Waals surface area contributed by atoms with E-state index < -0.39 is 0 Å². The Labute approximate surface area is 312 Å². The molecule has 0 unspecified atom stereocenters. The Balaban J connectivity index is 1.48. The molecule has 0 radical (unpaired) electrons. The normalized spacial score (nSPS) is 11.7. The van der Waals surface area contributed by atoms with E-state index in [4.69, 9.17) is 9.97 Å². The monoisotopic (exact) mass is 692 g/mol. The predicted molar refractivity (Wildman–Crippen MR) is 220 cm³/mol. The Morgan fingerprint density at radius 3 is 1.07 bits per heavy atom. The van der Waals surface area contributed by atoms with Gasteiger partial charge >= 0.3 is 0 Å². The van der Waals surface area contributed by atoms with Crippen molar-refractivity contribution in [2.45, 2.75) is 13.8 Å². The number of fused-ring (bicyclic) bond motifs is 8. The molecule has 6 nitrogen and oxygen atoms in total. The molecule has 6 heteroatoms. The van der Waals surface area contributed by atoms with E-state index in [0.29, 0.717) is 11.1 Å². The first-order valence-electron chi connectivity index (χ1n) is 17.8. The second-order valence-corrected chi connectivity index (χ2v) is 13.6. The van der Waals surface area contributed by atoms with Gasteiger partial charge in [-0.2, -0.15) is 10.5 Å². The topological polar surface area (TPSA) is 105 Å². The van der Waals surface area contributed by atoms with Crippen molar-refractivity contribution in [2.75, 3.05) is 0 Å². The summed E-state index contributed by atoms with van der Waals surface area (Å²) in [5.41, 5.74) is 17.7. The third-order valence-electron chi connectivity index (χ3n) is 10.00. The van der Waals surface area contributed by atoms with E-state index in [2.05, 4.69) is 133 Å². The second-order valence-electron chi connectivity index (χ2n) is 13.6. The average Bonchev–Trinajstić information content (AvgIpc) is 4.04. The number of benzene rings is 4. The van der Waals surface area contributed by atoms with Crippen LogP contribution in [-0.2, 0) is 0 Å². The van der Waals surface area contributed by atoms with E-state index in [1.54, 1.807) is 0 Å². The summed E-state index contributed by atoms with van der Waals surface area (Å²) < 4.78 is 0. The molecule has 4 aromatic carbocycles. The van der Waals surface area contributed by atoms with E-state index in [1.165, 1.54) is 11.1 Å². The minimum absolute atomic E-state index is 0.573. The van der Waals surface area contributed by atoms with Crippen molar-refractivity contribution in [2.24, 2.45) is 0 Å².